The summed E-state index contributed by atoms with van der Waals surface area (Å²) in [6.45, 7) is 7.01. The van der Waals surface area contributed by atoms with Crippen LogP contribution >= 0.6 is 0 Å². The van der Waals surface area contributed by atoms with Crippen molar-refractivity contribution in [2.24, 2.45) is 11.3 Å². The summed E-state index contributed by atoms with van der Waals surface area (Å²) in [5.74, 6) is 0.663. The number of nitrogens with one attached hydrogen (secondary N) is 3. The summed E-state index contributed by atoms with van der Waals surface area (Å²) in [6.07, 6.45) is 5.90. The highest BCUT2D eigenvalue weighted by molar-refractivity contribution is 5.94. The number of hydrogen-bond acceptors (Lipinski definition) is 3. The fraction of sp³-hybridized carbons (Fsp3) is 0.750. The molecule has 0 saturated heterocycles. The van der Waals surface area contributed by atoms with E-state index < -0.39 is 0 Å². The van der Waals surface area contributed by atoms with Crippen LogP contribution in [0.5, 0.6) is 0 Å². The highest BCUT2D eigenvalue weighted by Crippen LogP contribution is 2.45. The summed E-state index contributed by atoms with van der Waals surface area (Å²) >= 11 is 0. The van der Waals surface area contributed by atoms with Crippen molar-refractivity contribution in [3.8, 4) is 0 Å². The summed E-state index contributed by atoms with van der Waals surface area (Å²) in [5, 5.41) is 13.7. The Morgan fingerprint density at radius 1 is 1.43 bits per heavy atom. The molecule has 0 unspecified atom stereocenters. The van der Waals surface area contributed by atoms with E-state index in [2.05, 4.69) is 34.7 Å². The highest BCUT2D eigenvalue weighted by Gasteiger charge is 2.37. The zero-order valence-electron chi connectivity index (χ0n) is 13.1. The van der Waals surface area contributed by atoms with Gasteiger partial charge >= 0.3 is 0 Å². The van der Waals surface area contributed by atoms with Gasteiger partial charge in [0.05, 0.1) is 0 Å². The number of amides is 1. The van der Waals surface area contributed by atoms with Crippen LogP contribution in [0.4, 0.5) is 0 Å². The lowest BCUT2D eigenvalue weighted by Gasteiger charge is -2.43. The van der Waals surface area contributed by atoms with Crippen LogP contribution in [0, 0.1) is 11.3 Å². The van der Waals surface area contributed by atoms with Gasteiger partial charge in [-0.1, -0.05) is 20.3 Å². The number of nitrogens with zero attached hydrogens (tertiary/aromatic N) is 1. The topological polar surface area (TPSA) is 69.8 Å². The Morgan fingerprint density at radius 2 is 2.24 bits per heavy atom. The van der Waals surface area contributed by atoms with Crippen LogP contribution in [-0.2, 0) is 13.0 Å². The lowest BCUT2D eigenvalue weighted by atomic mass is 9.64. The van der Waals surface area contributed by atoms with Gasteiger partial charge in [0.2, 0.25) is 0 Å². The van der Waals surface area contributed by atoms with E-state index in [1.54, 1.807) is 0 Å². The van der Waals surface area contributed by atoms with Gasteiger partial charge < -0.3 is 10.6 Å². The van der Waals surface area contributed by atoms with E-state index in [9.17, 15) is 4.79 Å². The van der Waals surface area contributed by atoms with E-state index in [1.807, 2.05) is 0 Å². The first-order valence-electron chi connectivity index (χ1n) is 8.15. The van der Waals surface area contributed by atoms with Crippen molar-refractivity contribution in [2.75, 3.05) is 13.1 Å². The molecule has 1 aromatic heterocycles. The molecule has 0 atom stereocenters. The largest absolute Gasteiger partial charge is 0.350 e. The molecule has 0 radical (unpaired) electrons. The monoisotopic (exact) mass is 290 g/mol. The summed E-state index contributed by atoms with van der Waals surface area (Å²) in [5.41, 5.74) is 3.07. The Kier molecular flexibility index (Phi) is 4.02. The standard InChI is InChI=1S/C16H26N4O/c1-11(2)8-16(5-3-6-16)10-18-15(21)14-12-9-17-7-4-13(12)19-20-14/h11,17H,3-10H2,1-2H3,(H,18,21)(H,19,20). The Labute approximate surface area is 126 Å². The zero-order valence-corrected chi connectivity index (χ0v) is 13.1. The molecule has 3 N–H and O–H groups in total. The van der Waals surface area contributed by atoms with Gasteiger partial charge in [-0.25, -0.2) is 0 Å². The Morgan fingerprint density at radius 3 is 2.90 bits per heavy atom. The van der Waals surface area contributed by atoms with Crippen molar-refractivity contribution in [2.45, 2.75) is 52.5 Å². The molecule has 3 rings (SSSR count). The summed E-state index contributed by atoms with van der Waals surface area (Å²) < 4.78 is 0. The van der Waals surface area contributed by atoms with Crippen molar-refractivity contribution in [3.63, 3.8) is 0 Å². The maximum absolute atomic E-state index is 12.4. The van der Waals surface area contributed by atoms with Gasteiger partial charge in [0.25, 0.3) is 5.91 Å². The molecule has 1 fully saturated rings. The maximum atomic E-state index is 12.4. The smallest absolute Gasteiger partial charge is 0.272 e. The van der Waals surface area contributed by atoms with Gasteiger partial charge in [0, 0.05) is 37.3 Å². The second-order valence-corrected chi connectivity index (χ2v) is 7.09. The molecule has 5 heteroatoms. The molecular formula is C16H26N4O. The molecule has 116 valence electrons. The number of fused-ring (bicyclic) bond motifs is 1. The second-order valence-electron chi connectivity index (χ2n) is 7.09. The molecular weight excluding hydrogens is 264 g/mol. The first-order chi connectivity index (χ1) is 10.1. The molecule has 1 aliphatic carbocycles. The van der Waals surface area contributed by atoms with Crippen LogP contribution in [0.25, 0.3) is 0 Å². The summed E-state index contributed by atoms with van der Waals surface area (Å²) in [4.78, 5) is 12.4. The minimum atomic E-state index is -0.0220. The molecule has 0 spiro atoms. The fourth-order valence-electron chi connectivity index (χ4n) is 3.76. The summed E-state index contributed by atoms with van der Waals surface area (Å²) in [6, 6.07) is 0. The van der Waals surface area contributed by atoms with E-state index in [0.29, 0.717) is 17.0 Å². The van der Waals surface area contributed by atoms with Crippen LogP contribution in [-0.4, -0.2) is 29.2 Å². The van der Waals surface area contributed by atoms with Crippen LogP contribution < -0.4 is 10.6 Å². The zero-order chi connectivity index (χ0) is 14.9. The number of rotatable bonds is 5. The molecule has 5 nitrogen and oxygen atoms in total. The van der Waals surface area contributed by atoms with Crippen LogP contribution in [0.3, 0.4) is 0 Å². The van der Waals surface area contributed by atoms with Gasteiger partial charge in [0.15, 0.2) is 5.69 Å². The van der Waals surface area contributed by atoms with E-state index in [-0.39, 0.29) is 5.91 Å². The summed E-state index contributed by atoms with van der Waals surface area (Å²) in [7, 11) is 0. The third kappa shape index (κ3) is 2.98. The molecule has 1 amide bonds. The number of hydrogen-bond donors (Lipinski definition) is 3. The van der Waals surface area contributed by atoms with Crippen molar-refractivity contribution < 1.29 is 4.79 Å². The minimum absolute atomic E-state index is 0.0220. The quantitative estimate of drug-likeness (QED) is 0.777. The van der Waals surface area contributed by atoms with E-state index >= 15 is 0 Å². The Balaban J connectivity index is 1.63. The van der Waals surface area contributed by atoms with Crippen molar-refractivity contribution in [1.82, 2.24) is 20.8 Å². The Bertz CT molecular complexity index is 516. The third-order valence-electron chi connectivity index (χ3n) is 4.90. The van der Waals surface area contributed by atoms with Gasteiger partial charge in [-0.3, -0.25) is 9.89 Å². The molecule has 21 heavy (non-hydrogen) atoms. The average Bonchev–Trinajstić information content (AvgIpc) is 2.85. The number of carbonyl (C=O) groups is 1. The molecule has 0 aromatic carbocycles. The first kappa shape index (κ1) is 14.6. The lowest BCUT2D eigenvalue weighted by Crippen LogP contribution is -2.43. The van der Waals surface area contributed by atoms with Crippen molar-refractivity contribution in [3.05, 3.63) is 17.0 Å². The number of aromatic nitrogens is 2. The number of carbonyl (C=O) groups excluding carboxylic acids is 1. The average molecular weight is 290 g/mol. The van der Waals surface area contributed by atoms with Gasteiger partial charge in [-0.2, -0.15) is 5.10 Å². The lowest BCUT2D eigenvalue weighted by molar-refractivity contribution is 0.0776. The van der Waals surface area contributed by atoms with Crippen molar-refractivity contribution >= 4 is 5.91 Å². The number of H-pyrrole nitrogens is 1. The maximum Gasteiger partial charge on any atom is 0.272 e. The fourth-order valence-corrected chi connectivity index (χ4v) is 3.76. The predicted octanol–water partition coefficient (Wildman–Crippen LogP) is 2.00. The highest BCUT2D eigenvalue weighted by atomic mass is 16.1. The second kappa shape index (κ2) is 5.79. The van der Waals surface area contributed by atoms with Crippen LogP contribution in [0.2, 0.25) is 0 Å². The van der Waals surface area contributed by atoms with E-state index in [1.165, 1.54) is 25.7 Å². The minimum Gasteiger partial charge on any atom is -0.350 e. The van der Waals surface area contributed by atoms with E-state index in [0.717, 1.165) is 37.3 Å². The molecule has 1 aromatic rings. The molecule has 2 heterocycles. The van der Waals surface area contributed by atoms with Crippen molar-refractivity contribution in [1.29, 1.82) is 0 Å². The Hall–Kier alpha value is -1.36. The van der Waals surface area contributed by atoms with Crippen LogP contribution in [0.1, 0.15) is 61.3 Å². The molecule has 2 aliphatic rings. The number of aromatic amines is 1. The molecule has 0 bridgehead atoms. The first-order valence-corrected chi connectivity index (χ1v) is 8.15. The van der Waals surface area contributed by atoms with Gasteiger partial charge in [0.1, 0.15) is 0 Å². The van der Waals surface area contributed by atoms with E-state index in [4.69, 9.17) is 0 Å². The normalized spacial score (nSPS) is 20.0. The molecule has 1 aliphatic heterocycles. The van der Waals surface area contributed by atoms with Crippen LogP contribution in [0.15, 0.2) is 0 Å². The SMILES string of the molecule is CC(C)CC1(CNC(=O)c2n[nH]c3c2CNCC3)CCC1. The third-order valence-corrected chi connectivity index (χ3v) is 4.90. The van der Waals surface area contributed by atoms with Gasteiger partial charge in [-0.15, -0.1) is 0 Å². The predicted molar refractivity (Wildman–Crippen MR) is 82.1 cm³/mol. The van der Waals surface area contributed by atoms with Gasteiger partial charge in [-0.05, 0) is 30.6 Å². The molecule has 1 saturated carbocycles.